The molecule has 1 amide bonds. The van der Waals surface area contributed by atoms with Gasteiger partial charge in [0.15, 0.2) is 5.96 Å². The van der Waals surface area contributed by atoms with Crippen molar-refractivity contribution in [3.05, 3.63) is 29.8 Å². The zero-order valence-corrected chi connectivity index (χ0v) is 18.3. The molecule has 1 heterocycles. The number of piperazine rings is 1. The lowest BCUT2D eigenvalue weighted by molar-refractivity contribution is -0.130. The van der Waals surface area contributed by atoms with Crippen LogP contribution in [0.5, 0.6) is 5.75 Å². The fraction of sp³-hybridized carbons (Fsp3) is 0.579. The molecule has 0 bridgehead atoms. The maximum Gasteiger partial charge on any atom is 0.219 e. The molecular weight excluding hydrogens is 443 g/mol. The molecule has 2 aliphatic rings. The van der Waals surface area contributed by atoms with E-state index < -0.39 is 0 Å². The van der Waals surface area contributed by atoms with Crippen molar-refractivity contribution in [1.29, 1.82) is 0 Å². The Hall–Kier alpha value is -1.51. The molecule has 0 spiro atoms. The summed E-state index contributed by atoms with van der Waals surface area (Å²) in [6.07, 6.45) is 1.06. The maximum atomic E-state index is 11.5. The Kier molecular flexibility index (Phi) is 6.76. The topological polar surface area (TPSA) is 57.2 Å². The first kappa shape index (κ1) is 20.8. The molecule has 2 fully saturated rings. The van der Waals surface area contributed by atoms with Gasteiger partial charge in [0.05, 0.1) is 7.11 Å². The van der Waals surface area contributed by atoms with Gasteiger partial charge in [-0.15, -0.1) is 24.0 Å². The van der Waals surface area contributed by atoms with Crippen LogP contribution in [0.1, 0.15) is 25.8 Å². The first-order valence-corrected chi connectivity index (χ1v) is 8.87. The largest absolute Gasteiger partial charge is 0.496 e. The van der Waals surface area contributed by atoms with E-state index in [2.05, 4.69) is 34.3 Å². The van der Waals surface area contributed by atoms with Crippen LogP contribution in [0.25, 0.3) is 0 Å². The van der Waals surface area contributed by atoms with E-state index in [4.69, 9.17) is 4.74 Å². The lowest BCUT2D eigenvalue weighted by Gasteiger charge is -2.36. The molecule has 3 rings (SSSR count). The van der Waals surface area contributed by atoms with Crippen molar-refractivity contribution in [3.8, 4) is 5.75 Å². The van der Waals surface area contributed by atoms with Crippen LogP contribution in [-0.4, -0.2) is 68.0 Å². The number of hydrogen-bond acceptors (Lipinski definition) is 3. The highest BCUT2D eigenvalue weighted by atomic mass is 127. The molecule has 2 unspecified atom stereocenters. The highest BCUT2D eigenvalue weighted by molar-refractivity contribution is 14.0. The number of ether oxygens (including phenoxy) is 1. The zero-order chi connectivity index (χ0) is 18.0. The maximum absolute atomic E-state index is 11.5. The monoisotopic (exact) mass is 472 g/mol. The van der Waals surface area contributed by atoms with Crippen LogP contribution in [0.15, 0.2) is 29.3 Å². The standard InChI is InChI=1S/C19H28N4O2.HI/c1-14(24)22-9-11-23(12-10-22)18(20-3)21-17-13-19(17,2)15-7-5-6-8-16(15)25-4;/h5-8,17H,9-13H2,1-4H3,(H,20,21);1H. The quantitative estimate of drug-likeness (QED) is 0.416. The summed E-state index contributed by atoms with van der Waals surface area (Å²) in [4.78, 5) is 20.1. The average Bonchev–Trinajstić information content (AvgIpc) is 3.30. The molecule has 1 aliphatic carbocycles. The molecule has 1 aliphatic heterocycles. The lowest BCUT2D eigenvalue weighted by atomic mass is 9.96. The smallest absolute Gasteiger partial charge is 0.219 e. The third kappa shape index (κ3) is 4.07. The number of hydrogen-bond donors (Lipinski definition) is 1. The molecule has 0 radical (unpaired) electrons. The summed E-state index contributed by atoms with van der Waals surface area (Å²) < 4.78 is 5.54. The summed E-state index contributed by atoms with van der Waals surface area (Å²) in [7, 11) is 3.54. The molecule has 2 atom stereocenters. The van der Waals surface area contributed by atoms with E-state index in [9.17, 15) is 4.79 Å². The second kappa shape index (κ2) is 8.45. The van der Waals surface area contributed by atoms with Gasteiger partial charge in [0.1, 0.15) is 5.75 Å². The summed E-state index contributed by atoms with van der Waals surface area (Å²) in [6.45, 7) is 7.04. The van der Waals surface area contributed by atoms with Gasteiger partial charge in [-0.3, -0.25) is 9.79 Å². The summed E-state index contributed by atoms with van der Waals surface area (Å²) in [5.74, 6) is 2.01. The third-order valence-corrected chi connectivity index (χ3v) is 5.50. The molecule has 26 heavy (non-hydrogen) atoms. The van der Waals surface area contributed by atoms with Gasteiger partial charge in [-0.2, -0.15) is 0 Å². The van der Waals surface area contributed by atoms with Gasteiger partial charge in [0.2, 0.25) is 5.91 Å². The molecular formula is C19H29IN4O2. The first-order chi connectivity index (χ1) is 12.0. The fourth-order valence-electron chi connectivity index (χ4n) is 3.68. The number of benzene rings is 1. The van der Waals surface area contributed by atoms with Crippen LogP contribution in [0, 0.1) is 0 Å². The van der Waals surface area contributed by atoms with Crippen molar-refractivity contribution in [3.63, 3.8) is 0 Å². The molecule has 7 heteroatoms. The van der Waals surface area contributed by atoms with E-state index in [1.54, 1.807) is 14.0 Å². The van der Waals surface area contributed by atoms with E-state index >= 15 is 0 Å². The van der Waals surface area contributed by atoms with Crippen molar-refractivity contribution in [2.45, 2.75) is 31.7 Å². The van der Waals surface area contributed by atoms with Crippen LogP contribution < -0.4 is 10.1 Å². The van der Waals surface area contributed by atoms with Crippen molar-refractivity contribution in [1.82, 2.24) is 15.1 Å². The van der Waals surface area contributed by atoms with Crippen LogP contribution >= 0.6 is 24.0 Å². The predicted molar refractivity (Wildman–Crippen MR) is 114 cm³/mol. The minimum Gasteiger partial charge on any atom is -0.496 e. The fourth-order valence-corrected chi connectivity index (χ4v) is 3.68. The van der Waals surface area contributed by atoms with E-state index in [0.29, 0.717) is 6.04 Å². The van der Waals surface area contributed by atoms with Crippen molar-refractivity contribution in [2.24, 2.45) is 4.99 Å². The Balaban J connectivity index is 0.00000243. The molecule has 0 aromatic heterocycles. The zero-order valence-electron chi connectivity index (χ0n) is 16.0. The number of carbonyl (C=O) groups excluding carboxylic acids is 1. The highest BCUT2D eigenvalue weighted by Gasteiger charge is 2.53. The van der Waals surface area contributed by atoms with Gasteiger partial charge in [0.25, 0.3) is 0 Å². The number of methoxy groups -OCH3 is 1. The first-order valence-electron chi connectivity index (χ1n) is 8.87. The number of aliphatic imine (C=N–C) groups is 1. The Labute approximate surface area is 173 Å². The van der Waals surface area contributed by atoms with Gasteiger partial charge < -0.3 is 19.9 Å². The molecule has 1 aromatic rings. The van der Waals surface area contributed by atoms with Gasteiger partial charge >= 0.3 is 0 Å². The number of halogens is 1. The minimum absolute atomic E-state index is 0. The normalized spacial score (nSPS) is 25.4. The van der Waals surface area contributed by atoms with Crippen molar-refractivity contribution < 1.29 is 9.53 Å². The van der Waals surface area contributed by atoms with Crippen LogP contribution in [-0.2, 0) is 10.2 Å². The number of nitrogens with zero attached hydrogens (tertiary/aromatic N) is 3. The Morgan fingerprint density at radius 3 is 2.42 bits per heavy atom. The van der Waals surface area contributed by atoms with Gasteiger partial charge in [-0.05, 0) is 12.5 Å². The number of nitrogens with one attached hydrogen (secondary N) is 1. The van der Waals surface area contributed by atoms with Crippen LogP contribution in [0.2, 0.25) is 0 Å². The van der Waals surface area contributed by atoms with Gasteiger partial charge in [-0.1, -0.05) is 25.1 Å². The van der Waals surface area contributed by atoms with Crippen LogP contribution in [0.4, 0.5) is 0 Å². The predicted octanol–water partition coefficient (Wildman–Crippen LogP) is 2.08. The Morgan fingerprint density at radius 2 is 1.85 bits per heavy atom. The highest BCUT2D eigenvalue weighted by Crippen LogP contribution is 2.51. The summed E-state index contributed by atoms with van der Waals surface area (Å²) in [5, 5.41) is 3.61. The van der Waals surface area contributed by atoms with Gasteiger partial charge in [0, 0.05) is 57.2 Å². The lowest BCUT2D eigenvalue weighted by Crippen LogP contribution is -2.54. The van der Waals surface area contributed by atoms with E-state index in [0.717, 1.165) is 44.3 Å². The summed E-state index contributed by atoms with van der Waals surface area (Å²) in [5.41, 5.74) is 1.30. The summed E-state index contributed by atoms with van der Waals surface area (Å²) in [6, 6.07) is 8.58. The number of para-hydroxylation sites is 1. The molecule has 6 nitrogen and oxygen atoms in total. The van der Waals surface area contributed by atoms with Gasteiger partial charge in [-0.25, -0.2) is 0 Å². The Bertz CT molecular complexity index is 673. The molecule has 1 saturated heterocycles. The molecule has 1 aromatic carbocycles. The molecule has 144 valence electrons. The van der Waals surface area contributed by atoms with Crippen molar-refractivity contribution in [2.75, 3.05) is 40.3 Å². The van der Waals surface area contributed by atoms with E-state index in [-0.39, 0.29) is 35.3 Å². The number of guanidine groups is 1. The Morgan fingerprint density at radius 1 is 1.23 bits per heavy atom. The number of amides is 1. The third-order valence-electron chi connectivity index (χ3n) is 5.50. The number of carbonyl (C=O) groups is 1. The second-order valence-electron chi connectivity index (χ2n) is 7.06. The second-order valence-corrected chi connectivity index (χ2v) is 7.06. The van der Waals surface area contributed by atoms with E-state index in [1.165, 1.54) is 5.56 Å². The van der Waals surface area contributed by atoms with Crippen molar-refractivity contribution >= 4 is 35.8 Å². The summed E-state index contributed by atoms with van der Waals surface area (Å²) >= 11 is 0. The number of rotatable bonds is 3. The molecule has 1 N–H and O–H groups in total. The SMILES string of the molecule is CN=C(NC1CC1(C)c1ccccc1OC)N1CCN(C(C)=O)CC1.I. The minimum atomic E-state index is 0. The molecule has 1 saturated carbocycles. The average molecular weight is 472 g/mol. The van der Waals surface area contributed by atoms with Crippen LogP contribution in [0.3, 0.4) is 0 Å². The van der Waals surface area contributed by atoms with E-state index in [1.807, 2.05) is 24.1 Å².